The summed E-state index contributed by atoms with van der Waals surface area (Å²) in [6.07, 6.45) is 1.24. The third kappa shape index (κ3) is 2.48. The second kappa shape index (κ2) is 4.98. The number of benzene rings is 1. The topological polar surface area (TPSA) is 52.6 Å². The Morgan fingerprint density at radius 2 is 2.11 bits per heavy atom. The molecular weight excluding hydrogens is 228 g/mol. The van der Waals surface area contributed by atoms with Crippen LogP contribution in [0.2, 0.25) is 0 Å². The van der Waals surface area contributed by atoms with E-state index in [1.54, 1.807) is 0 Å². The molecule has 2 N–H and O–H groups in total. The summed E-state index contributed by atoms with van der Waals surface area (Å²) in [5.74, 6) is -0.758. The Morgan fingerprint density at radius 1 is 1.44 bits per heavy atom. The van der Waals surface area contributed by atoms with Gasteiger partial charge in [0.2, 0.25) is 0 Å². The highest BCUT2D eigenvalue weighted by Crippen LogP contribution is 2.30. The van der Waals surface area contributed by atoms with Crippen molar-refractivity contribution < 1.29 is 9.90 Å². The van der Waals surface area contributed by atoms with Crippen LogP contribution >= 0.6 is 0 Å². The van der Waals surface area contributed by atoms with Crippen LogP contribution in [0.3, 0.4) is 0 Å². The first-order valence-corrected chi connectivity index (χ1v) is 6.30. The summed E-state index contributed by atoms with van der Waals surface area (Å²) < 4.78 is 0. The van der Waals surface area contributed by atoms with Crippen molar-refractivity contribution in [3.8, 4) is 0 Å². The van der Waals surface area contributed by atoms with E-state index in [0.29, 0.717) is 12.8 Å². The van der Waals surface area contributed by atoms with Gasteiger partial charge in [-0.3, -0.25) is 0 Å². The van der Waals surface area contributed by atoms with E-state index in [2.05, 4.69) is 17.1 Å². The molecule has 0 aromatic heterocycles. The smallest absolute Gasteiger partial charge is 0.329 e. The monoisotopic (exact) mass is 248 g/mol. The number of carboxylic acid groups (broad SMARTS) is 1. The van der Waals surface area contributed by atoms with Crippen LogP contribution in [0, 0.1) is 0 Å². The number of nitrogens with one attached hydrogen (secondary N) is 1. The zero-order valence-corrected chi connectivity index (χ0v) is 10.9. The van der Waals surface area contributed by atoms with Gasteiger partial charge in [-0.1, -0.05) is 18.2 Å². The maximum atomic E-state index is 11.7. The lowest BCUT2D eigenvalue weighted by molar-refractivity contribution is -0.144. The highest BCUT2D eigenvalue weighted by molar-refractivity contribution is 5.83. The zero-order valence-electron chi connectivity index (χ0n) is 10.9. The highest BCUT2D eigenvalue weighted by Gasteiger charge is 2.43. The van der Waals surface area contributed by atoms with Crippen molar-refractivity contribution in [2.75, 3.05) is 18.9 Å². The molecule has 1 heterocycles. The van der Waals surface area contributed by atoms with E-state index in [1.807, 2.05) is 37.4 Å². The maximum absolute atomic E-state index is 11.7. The Morgan fingerprint density at radius 3 is 2.67 bits per heavy atom. The summed E-state index contributed by atoms with van der Waals surface area (Å²) in [6.45, 7) is 2.87. The number of piperidine rings is 1. The van der Waals surface area contributed by atoms with E-state index in [9.17, 15) is 9.90 Å². The number of hydrogen-bond donors (Lipinski definition) is 2. The third-order valence-corrected chi connectivity index (χ3v) is 3.85. The predicted octanol–water partition coefficient (Wildman–Crippen LogP) is 2.04. The normalized spacial score (nSPS) is 28.9. The van der Waals surface area contributed by atoms with Crippen LogP contribution in [0.25, 0.3) is 0 Å². The zero-order chi connectivity index (χ0) is 13.2. The fourth-order valence-corrected chi connectivity index (χ4v) is 2.51. The molecule has 0 spiro atoms. The van der Waals surface area contributed by atoms with Crippen LogP contribution in [0.1, 0.15) is 19.8 Å². The number of likely N-dealkylation sites (tertiary alicyclic amines) is 1. The molecule has 1 aliphatic heterocycles. The number of hydrogen-bond acceptors (Lipinski definition) is 3. The Bertz CT molecular complexity index is 421. The molecule has 2 unspecified atom stereocenters. The van der Waals surface area contributed by atoms with Gasteiger partial charge in [0, 0.05) is 18.3 Å². The first-order valence-electron chi connectivity index (χ1n) is 6.30. The van der Waals surface area contributed by atoms with Gasteiger partial charge in [0.1, 0.15) is 5.54 Å². The number of aliphatic carboxylic acids is 1. The van der Waals surface area contributed by atoms with E-state index in [-0.39, 0.29) is 6.04 Å². The summed E-state index contributed by atoms with van der Waals surface area (Å²) >= 11 is 0. The molecule has 0 aliphatic carbocycles. The Labute approximate surface area is 108 Å². The molecule has 0 bridgehead atoms. The molecule has 1 aromatic carbocycles. The van der Waals surface area contributed by atoms with E-state index in [4.69, 9.17) is 0 Å². The Balaban J connectivity index is 2.20. The second-order valence-electron chi connectivity index (χ2n) is 5.16. The van der Waals surface area contributed by atoms with Crippen LogP contribution < -0.4 is 5.32 Å². The minimum atomic E-state index is -0.840. The fourth-order valence-electron chi connectivity index (χ4n) is 2.51. The number of para-hydroxylation sites is 1. The van der Waals surface area contributed by atoms with Gasteiger partial charge >= 0.3 is 5.97 Å². The van der Waals surface area contributed by atoms with Crippen LogP contribution in [0.5, 0.6) is 0 Å². The van der Waals surface area contributed by atoms with Gasteiger partial charge in [0.15, 0.2) is 0 Å². The van der Waals surface area contributed by atoms with E-state index >= 15 is 0 Å². The summed E-state index contributed by atoms with van der Waals surface area (Å²) in [7, 11) is 2.04. The van der Waals surface area contributed by atoms with Crippen LogP contribution in [0.4, 0.5) is 5.69 Å². The quantitative estimate of drug-likeness (QED) is 0.859. The number of anilines is 1. The van der Waals surface area contributed by atoms with Gasteiger partial charge in [-0.05, 0) is 38.9 Å². The van der Waals surface area contributed by atoms with Gasteiger partial charge in [0.25, 0.3) is 0 Å². The van der Waals surface area contributed by atoms with Crippen molar-refractivity contribution in [2.24, 2.45) is 0 Å². The summed E-state index contributed by atoms with van der Waals surface area (Å²) in [5, 5.41) is 12.8. The Hall–Kier alpha value is -1.55. The lowest BCUT2D eigenvalue weighted by Gasteiger charge is -2.42. The molecule has 0 amide bonds. The van der Waals surface area contributed by atoms with Crippen LogP contribution in [0.15, 0.2) is 30.3 Å². The first kappa shape index (κ1) is 12.9. The fraction of sp³-hybridized carbons (Fsp3) is 0.500. The summed E-state index contributed by atoms with van der Waals surface area (Å²) in [5.41, 5.74) is 0.0319. The molecule has 1 aliphatic rings. The van der Waals surface area contributed by atoms with E-state index in [0.717, 1.165) is 12.2 Å². The van der Waals surface area contributed by atoms with Crippen molar-refractivity contribution in [2.45, 2.75) is 31.3 Å². The van der Waals surface area contributed by atoms with Crippen molar-refractivity contribution >= 4 is 11.7 Å². The molecule has 18 heavy (non-hydrogen) atoms. The van der Waals surface area contributed by atoms with Crippen LogP contribution in [-0.4, -0.2) is 41.1 Å². The number of rotatable bonds is 3. The lowest BCUT2D eigenvalue weighted by atomic mass is 9.83. The van der Waals surface area contributed by atoms with Crippen molar-refractivity contribution in [1.82, 2.24) is 4.90 Å². The lowest BCUT2D eigenvalue weighted by Crippen LogP contribution is -2.56. The average Bonchev–Trinajstić information content (AvgIpc) is 2.35. The molecule has 1 aromatic rings. The Kier molecular flexibility index (Phi) is 3.57. The molecule has 4 nitrogen and oxygen atoms in total. The second-order valence-corrected chi connectivity index (χ2v) is 5.16. The van der Waals surface area contributed by atoms with E-state index in [1.165, 1.54) is 0 Å². The maximum Gasteiger partial charge on any atom is 0.329 e. The number of carbonyl (C=O) groups is 1. The predicted molar refractivity (Wildman–Crippen MR) is 71.8 cm³/mol. The van der Waals surface area contributed by atoms with Gasteiger partial charge < -0.3 is 15.3 Å². The molecular formula is C14H20N2O2. The summed E-state index contributed by atoms with van der Waals surface area (Å²) in [4.78, 5) is 13.9. The summed E-state index contributed by atoms with van der Waals surface area (Å²) in [6, 6.07) is 9.84. The number of nitrogens with zero attached hydrogens (tertiary/aromatic N) is 1. The largest absolute Gasteiger partial charge is 0.480 e. The number of carboxylic acids is 1. The third-order valence-electron chi connectivity index (χ3n) is 3.85. The molecule has 1 fully saturated rings. The molecule has 2 rings (SSSR count). The molecule has 0 radical (unpaired) electrons. The van der Waals surface area contributed by atoms with Gasteiger partial charge in [0.05, 0.1) is 0 Å². The van der Waals surface area contributed by atoms with Crippen LogP contribution in [-0.2, 0) is 4.79 Å². The van der Waals surface area contributed by atoms with Crippen molar-refractivity contribution in [1.29, 1.82) is 0 Å². The van der Waals surface area contributed by atoms with Gasteiger partial charge in [-0.25, -0.2) is 4.79 Å². The SMILES string of the molecule is CC1CC(Nc2ccccc2)(C(=O)O)CCN1C. The standard InChI is InChI=1S/C14H20N2O2/c1-11-10-14(13(17)18,8-9-16(11)2)15-12-6-4-3-5-7-12/h3-7,11,15H,8-10H2,1-2H3,(H,17,18). The minimum Gasteiger partial charge on any atom is -0.480 e. The molecule has 2 atom stereocenters. The highest BCUT2D eigenvalue weighted by atomic mass is 16.4. The van der Waals surface area contributed by atoms with E-state index < -0.39 is 11.5 Å². The van der Waals surface area contributed by atoms with Gasteiger partial charge in [-0.15, -0.1) is 0 Å². The van der Waals surface area contributed by atoms with Crippen molar-refractivity contribution in [3.05, 3.63) is 30.3 Å². The average molecular weight is 248 g/mol. The molecule has 0 saturated carbocycles. The van der Waals surface area contributed by atoms with Crippen molar-refractivity contribution in [3.63, 3.8) is 0 Å². The minimum absolute atomic E-state index is 0.270. The first-order chi connectivity index (χ1) is 8.53. The molecule has 1 saturated heterocycles. The molecule has 4 heteroatoms. The van der Waals surface area contributed by atoms with Gasteiger partial charge in [-0.2, -0.15) is 0 Å². The molecule has 98 valence electrons.